The van der Waals surface area contributed by atoms with Crippen molar-refractivity contribution in [2.45, 2.75) is 33.6 Å². The normalized spacial score (nSPS) is 17.4. The van der Waals surface area contributed by atoms with E-state index in [1.165, 1.54) is 6.07 Å². The number of carbonyl (C=O) groups is 2. The van der Waals surface area contributed by atoms with E-state index in [1.54, 1.807) is 19.1 Å². The molecule has 0 unspecified atom stereocenters. The molecule has 1 aliphatic rings. The number of carboxylic acid groups (broad SMARTS) is 1. The molecule has 0 aromatic heterocycles. The van der Waals surface area contributed by atoms with Gasteiger partial charge in [0.25, 0.3) is 0 Å². The molecule has 1 aromatic rings. The van der Waals surface area contributed by atoms with E-state index in [4.69, 9.17) is 5.11 Å². The van der Waals surface area contributed by atoms with Gasteiger partial charge in [-0.3, -0.25) is 0 Å². The molecule has 114 valence electrons. The molecule has 5 nitrogen and oxygen atoms in total. The molecule has 2 N–H and O–H groups in total. The van der Waals surface area contributed by atoms with Crippen LogP contribution in [0.4, 0.5) is 10.5 Å². The first-order valence-corrected chi connectivity index (χ1v) is 7.18. The minimum Gasteiger partial charge on any atom is -0.478 e. The fourth-order valence-corrected chi connectivity index (χ4v) is 2.78. The maximum Gasteiger partial charge on any atom is 0.335 e. The van der Waals surface area contributed by atoms with Gasteiger partial charge in [0.15, 0.2) is 0 Å². The molecule has 0 saturated carbocycles. The van der Waals surface area contributed by atoms with Crippen molar-refractivity contribution in [1.82, 2.24) is 4.90 Å². The average molecular weight is 290 g/mol. The van der Waals surface area contributed by atoms with Crippen LogP contribution >= 0.6 is 0 Å². The predicted octanol–water partition coefficient (Wildman–Crippen LogP) is 3.35. The highest BCUT2D eigenvalue weighted by Crippen LogP contribution is 2.28. The number of likely N-dealkylation sites (tertiary alicyclic amines) is 1. The Kier molecular flexibility index (Phi) is 4.21. The number of nitrogens with zero attached hydrogens (tertiary/aromatic N) is 1. The minimum atomic E-state index is -0.955. The molecule has 0 radical (unpaired) electrons. The van der Waals surface area contributed by atoms with E-state index >= 15 is 0 Å². The van der Waals surface area contributed by atoms with Gasteiger partial charge in [-0.1, -0.05) is 13.8 Å². The average Bonchev–Trinajstić information content (AvgIpc) is 2.37. The van der Waals surface area contributed by atoms with Gasteiger partial charge in [-0.15, -0.1) is 0 Å². The molecule has 2 amide bonds. The molecule has 21 heavy (non-hydrogen) atoms. The predicted molar refractivity (Wildman–Crippen MR) is 81.7 cm³/mol. The Balaban J connectivity index is 2.06. The summed E-state index contributed by atoms with van der Waals surface area (Å²) in [4.78, 5) is 25.1. The van der Waals surface area contributed by atoms with Gasteiger partial charge in [0.1, 0.15) is 0 Å². The van der Waals surface area contributed by atoms with Crippen LogP contribution < -0.4 is 5.32 Å². The third-order valence-corrected chi connectivity index (χ3v) is 3.90. The maximum atomic E-state index is 12.3. The zero-order chi connectivity index (χ0) is 15.6. The number of nitrogens with one attached hydrogen (secondary N) is 1. The number of hydrogen-bond acceptors (Lipinski definition) is 2. The van der Waals surface area contributed by atoms with Crippen LogP contribution in [-0.4, -0.2) is 35.1 Å². The number of carboxylic acids is 1. The fraction of sp³-hybridized carbons (Fsp3) is 0.500. The van der Waals surface area contributed by atoms with Gasteiger partial charge in [0.05, 0.1) is 5.56 Å². The number of aromatic carboxylic acids is 1. The summed E-state index contributed by atoms with van der Waals surface area (Å²) in [6.45, 7) is 7.56. The number of hydrogen-bond donors (Lipinski definition) is 2. The number of anilines is 1. The van der Waals surface area contributed by atoms with Gasteiger partial charge in [-0.25, -0.2) is 9.59 Å². The SMILES string of the molecule is Cc1cc(NC(=O)N2CCCC(C)(C)C2)ccc1C(=O)O. The van der Waals surface area contributed by atoms with E-state index in [0.29, 0.717) is 11.3 Å². The standard InChI is InChI=1S/C16H22N2O3/c1-11-9-12(5-6-13(11)14(19)20)17-15(21)18-8-4-7-16(2,3)10-18/h5-6,9H,4,7-8,10H2,1-3H3,(H,17,21)(H,19,20). The summed E-state index contributed by atoms with van der Waals surface area (Å²) in [6.07, 6.45) is 2.14. The molecule has 0 aliphatic carbocycles. The van der Waals surface area contributed by atoms with Crippen molar-refractivity contribution < 1.29 is 14.7 Å². The van der Waals surface area contributed by atoms with Crippen molar-refractivity contribution in [3.05, 3.63) is 29.3 Å². The zero-order valence-corrected chi connectivity index (χ0v) is 12.8. The number of aryl methyl sites for hydroxylation is 1. The van der Waals surface area contributed by atoms with Crippen LogP contribution in [0.15, 0.2) is 18.2 Å². The van der Waals surface area contributed by atoms with Gasteiger partial charge in [0, 0.05) is 18.8 Å². The third-order valence-electron chi connectivity index (χ3n) is 3.90. The summed E-state index contributed by atoms with van der Waals surface area (Å²) < 4.78 is 0. The Morgan fingerprint density at radius 2 is 2.05 bits per heavy atom. The summed E-state index contributed by atoms with van der Waals surface area (Å²) in [5.74, 6) is -0.955. The zero-order valence-electron chi connectivity index (χ0n) is 12.8. The Morgan fingerprint density at radius 3 is 2.62 bits per heavy atom. The lowest BCUT2D eigenvalue weighted by Gasteiger charge is -2.37. The van der Waals surface area contributed by atoms with Crippen LogP contribution in [0.2, 0.25) is 0 Å². The van der Waals surface area contributed by atoms with E-state index in [2.05, 4.69) is 19.2 Å². The second kappa shape index (κ2) is 5.76. The lowest BCUT2D eigenvalue weighted by atomic mass is 9.84. The molecule has 0 bridgehead atoms. The number of urea groups is 1. The number of amides is 2. The van der Waals surface area contributed by atoms with Crippen molar-refractivity contribution in [3.8, 4) is 0 Å². The van der Waals surface area contributed by atoms with Crippen molar-refractivity contribution in [2.75, 3.05) is 18.4 Å². The fourth-order valence-electron chi connectivity index (χ4n) is 2.78. The van der Waals surface area contributed by atoms with Crippen molar-refractivity contribution in [3.63, 3.8) is 0 Å². The molecule has 1 saturated heterocycles. The molecular formula is C16H22N2O3. The highest BCUT2D eigenvalue weighted by molar-refractivity contribution is 5.92. The van der Waals surface area contributed by atoms with Crippen LogP contribution in [0, 0.1) is 12.3 Å². The van der Waals surface area contributed by atoms with Crippen molar-refractivity contribution in [1.29, 1.82) is 0 Å². The quantitative estimate of drug-likeness (QED) is 0.877. The molecule has 2 rings (SSSR count). The second-order valence-electron chi connectivity index (χ2n) is 6.45. The summed E-state index contributed by atoms with van der Waals surface area (Å²) >= 11 is 0. The highest BCUT2D eigenvalue weighted by atomic mass is 16.4. The summed E-state index contributed by atoms with van der Waals surface area (Å²) in [7, 11) is 0. The molecule has 5 heteroatoms. The van der Waals surface area contributed by atoms with Crippen LogP contribution in [0.1, 0.15) is 42.6 Å². The largest absolute Gasteiger partial charge is 0.478 e. The molecule has 1 aliphatic heterocycles. The molecular weight excluding hydrogens is 268 g/mol. The molecule has 0 atom stereocenters. The smallest absolute Gasteiger partial charge is 0.335 e. The number of rotatable bonds is 2. The van der Waals surface area contributed by atoms with Gasteiger partial charge < -0.3 is 15.3 Å². The van der Waals surface area contributed by atoms with E-state index in [9.17, 15) is 9.59 Å². The Labute approximate surface area is 125 Å². The molecule has 0 spiro atoms. The Bertz CT molecular complexity index is 567. The monoisotopic (exact) mass is 290 g/mol. The van der Waals surface area contributed by atoms with Crippen molar-refractivity contribution >= 4 is 17.7 Å². The van der Waals surface area contributed by atoms with Gasteiger partial charge in [0.2, 0.25) is 0 Å². The number of carbonyl (C=O) groups excluding carboxylic acids is 1. The molecule has 1 aromatic carbocycles. The van der Waals surface area contributed by atoms with Crippen LogP contribution in [0.3, 0.4) is 0 Å². The van der Waals surface area contributed by atoms with E-state index in [-0.39, 0.29) is 17.0 Å². The lowest BCUT2D eigenvalue weighted by Crippen LogP contribution is -2.45. The van der Waals surface area contributed by atoms with Crippen LogP contribution in [0.5, 0.6) is 0 Å². The van der Waals surface area contributed by atoms with E-state index in [1.807, 2.05) is 4.90 Å². The minimum absolute atomic E-state index is 0.120. The first-order valence-electron chi connectivity index (χ1n) is 7.18. The summed E-state index contributed by atoms with van der Waals surface area (Å²) in [5.41, 5.74) is 1.68. The first kappa shape index (κ1) is 15.4. The summed E-state index contributed by atoms with van der Waals surface area (Å²) in [5, 5.41) is 11.9. The topological polar surface area (TPSA) is 69.6 Å². The first-order chi connectivity index (χ1) is 9.78. The molecule has 1 heterocycles. The van der Waals surface area contributed by atoms with Gasteiger partial charge in [-0.2, -0.15) is 0 Å². The number of piperidine rings is 1. The molecule has 1 fully saturated rings. The van der Waals surface area contributed by atoms with E-state index in [0.717, 1.165) is 25.9 Å². The van der Waals surface area contributed by atoms with E-state index < -0.39 is 5.97 Å². The summed E-state index contributed by atoms with van der Waals surface area (Å²) in [6, 6.07) is 4.72. The van der Waals surface area contributed by atoms with Crippen LogP contribution in [0.25, 0.3) is 0 Å². The van der Waals surface area contributed by atoms with Crippen LogP contribution in [-0.2, 0) is 0 Å². The Hall–Kier alpha value is -2.04. The lowest BCUT2D eigenvalue weighted by molar-refractivity contribution is 0.0696. The highest BCUT2D eigenvalue weighted by Gasteiger charge is 2.29. The second-order valence-corrected chi connectivity index (χ2v) is 6.45. The van der Waals surface area contributed by atoms with Gasteiger partial charge in [-0.05, 0) is 48.9 Å². The van der Waals surface area contributed by atoms with Gasteiger partial charge >= 0.3 is 12.0 Å². The maximum absolute atomic E-state index is 12.3. The van der Waals surface area contributed by atoms with Crippen molar-refractivity contribution in [2.24, 2.45) is 5.41 Å². The Morgan fingerprint density at radius 1 is 1.33 bits per heavy atom. The number of benzene rings is 1. The third kappa shape index (κ3) is 3.74.